The van der Waals surface area contributed by atoms with E-state index in [1.165, 1.54) is 60.7 Å². The summed E-state index contributed by atoms with van der Waals surface area (Å²) in [6.45, 7) is 8.67. The number of anilines is 4. The van der Waals surface area contributed by atoms with Crippen LogP contribution >= 0.6 is 0 Å². The molecule has 5 aliphatic rings. The van der Waals surface area contributed by atoms with Crippen LogP contribution in [0.2, 0.25) is 0 Å². The molecule has 13 nitrogen and oxygen atoms in total. The van der Waals surface area contributed by atoms with Crippen molar-refractivity contribution in [3.63, 3.8) is 0 Å². The molecule has 6 heterocycles. The first-order chi connectivity index (χ1) is 28.6. The summed E-state index contributed by atoms with van der Waals surface area (Å²) >= 11 is 0. The van der Waals surface area contributed by atoms with Crippen molar-refractivity contribution in [2.75, 3.05) is 53.2 Å². The molecule has 2 aromatic carbocycles. The zero-order chi connectivity index (χ0) is 40.8. The average molecular weight is 803 g/mol. The third-order valence-electron chi connectivity index (χ3n) is 13.8. The molecule has 14 heteroatoms. The quantitative estimate of drug-likeness (QED) is 0.181. The molecule has 4 N–H and O–H groups in total. The van der Waals surface area contributed by atoms with E-state index in [1.54, 1.807) is 6.07 Å². The molecule has 3 saturated heterocycles. The highest BCUT2D eigenvalue weighted by Crippen LogP contribution is 2.43. The van der Waals surface area contributed by atoms with Crippen molar-refractivity contribution >= 4 is 35.0 Å². The van der Waals surface area contributed by atoms with E-state index in [-0.39, 0.29) is 47.1 Å². The minimum absolute atomic E-state index is 0.0683. The number of phenols is 1. The van der Waals surface area contributed by atoms with Crippen LogP contribution in [0.25, 0.3) is 11.3 Å². The average Bonchev–Trinajstić information content (AvgIpc) is 3.69. The molecule has 1 saturated carbocycles. The van der Waals surface area contributed by atoms with Gasteiger partial charge in [0.1, 0.15) is 17.6 Å². The third kappa shape index (κ3) is 7.67. The molecule has 9 rings (SSSR count). The number of carbonyl (C=O) groups excluding carboxylic acids is 2. The van der Waals surface area contributed by atoms with Gasteiger partial charge in [0.05, 0.1) is 11.4 Å². The van der Waals surface area contributed by atoms with Gasteiger partial charge in [0, 0.05) is 73.2 Å². The molecule has 4 fully saturated rings. The second-order valence-electron chi connectivity index (χ2n) is 17.2. The number of piperidine rings is 2. The van der Waals surface area contributed by atoms with Gasteiger partial charge in [-0.25, -0.2) is 14.4 Å². The Morgan fingerprint density at radius 3 is 2.49 bits per heavy atom. The molecule has 2 aromatic heterocycles. The van der Waals surface area contributed by atoms with Crippen molar-refractivity contribution in [2.24, 2.45) is 0 Å². The number of nitrogens with zero attached hydrogens (tertiary/aromatic N) is 8. The normalized spacial score (nSPS) is 25.6. The van der Waals surface area contributed by atoms with Gasteiger partial charge in [-0.05, 0) is 131 Å². The van der Waals surface area contributed by atoms with Crippen LogP contribution < -0.4 is 25.8 Å². The molecule has 4 aromatic rings. The minimum Gasteiger partial charge on any atom is -0.507 e. The Kier molecular flexibility index (Phi) is 10.8. The highest BCUT2D eigenvalue weighted by atomic mass is 19.1. The number of hydrogen-bond acceptors (Lipinski definition) is 12. The van der Waals surface area contributed by atoms with Crippen LogP contribution in [0.3, 0.4) is 0 Å². The largest absolute Gasteiger partial charge is 0.507 e. The number of amides is 2. The summed E-state index contributed by atoms with van der Waals surface area (Å²) < 4.78 is 14.1. The standard InChI is InChI=1S/C45H55FN10O3/c1-3-31-26-54(40-24-37(51-52-43(40)47)35-23-30(46)9-13-41(35)57)25-27(2)56(31)45-48-19-15-36(49-45)29-16-20-53(21-17-29)32-10-7-28(8-11-32)33-5-4-6-38-34(33)18-22-55(38)39-12-14-42(58)50-44(39)59/h4-6,9,13,15,19,23-24,27-29,31-32,39,57H,3,7-8,10-12,14,16-18,20-22,25-26H2,1-2H3,(H2,47,52)(H,50,58,59). The monoisotopic (exact) mass is 802 g/mol. The summed E-state index contributed by atoms with van der Waals surface area (Å²) in [5, 5.41) is 21.3. The molecule has 310 valence electrons. The summed E-state index contributed by atoms with van der Waals surface area (Å²) in [6, 6.07) is 14.8. The number of imide groups is 1. The van der Waals surface area contributed by atoms with E-state index >= 15 is 0 Å². The van der Waals surface area contributed by atoms with Crippen molar-refractivity contribution in [3.05, 3.63) is 77.4 Å². The van der Waals surface area contributed by atoms with E-state index in [0.717, 1.165) is 57.0 Å². The lowest BCUT2D eigenvalue weighted by Crippen LogP contribution is -2.58. The number of piperazine rings is 1. The van der Waals surface area contributed by atoms with Gasteiger partial charge in [-0.2, -0.15) is 0 Å². The number of phenolic OH excluding ortho intramolecular Hbond substituents is 1. The van der Waals surface area contributed by atoms with Crippen LogP contribution in [-0.4, -0.2) is 98.9 Å². The lowest BCUT2D eigenvalue weighted by Gasteiger charge is -2.46. The van der Waals surface area contributed by atoms with E-state index in [1.807, 2.05) is 6.20 Å². The van der Waals surface area contributed by atoms with Crippen LogP contribution in [0.1, 0.15) is 100 Å². The number of nitrogens with two attached hydrogens (primary N) is 1. The minimum atomic E-state index is -0.465. The molecular weight excluding hydrogens is 748 g/mol. The van der Waals surface area contributed by atoms with E-state index in [9.17, 15) is 19.1 Å². The first kappa shape index (κ1) is 39.1. The van der Waals surface area contributed by atoms with Crippen LogP contribution in [0, 0.1) is 5.82 Å². The molecule has 4 aliphatic heterocycles. The summed E-state index contributed by atoms with van der Waals surface area (Å²) in [7, 11) is 0. The third-order valence-corrected chi connectivity index (χ3v) is 13.8. The Morgan fingerprint density at radius 1 is 0.898 bits per heavy atom. The maximum Gasteiger partial charge on any atom is 0.249 e. The van der Waals surface area contributed by atoms with Gasteiger partial charge in [-0.1, -0.05) is 19.1 Å². The van der Waals surface area contributed by atoms with Crippen molar-refractivity contribution in [3.8, 4) is 17.0 Å². The number of nitrogens with one attached hydrogen (secondary N) is 1. The number of likely N-dealkylation sites (tertiary alicyclic amines) is 1. The Morgan fingerprint density at radius 2 is 1.71 bits per heavy atom. The molecule has 1 aliphatic carbocycles. The van der Waals surface area contributed by atoms with E-state index in [0.29, 0.717) is 55.2 Å². The van der Waals surface area contributed by atoms with Crippen LogP contribution in [0.4, 0.5) is 27.5 Å². The van der Waals surface area contributed by atoms with Gasteiger partial charge in [0.25, 0.3) is 0 Å². The maximum atomic E-state index is 14.1. The molecule has 0 spiro atoms. The van der Waals surface area contributed by atoms with E-state index in [2.05, 4.69) is 73.2 Å². The van der Waals surface area contributed by atoms with Crippen LogP contribution in [0.15, 0.2) is 54.7 Å². The van der Waals surface area contributed by atoms with Gasteiger partial charge < -0.3 is 30.4 Å². The zero-order valence-electron chi connectivity index (χ0n) is 34.1. The van der Waals surface area contributed by atoms with E-state index < -0.39 is 5.82 Å². The highest BCUT2D eigenvalue weighted by Gasteiger charge is 2.38. The second kappa shape index (κ2) is 16.4. The Bertz CT molecular complexity index is 2210. The van der Waals surface area contributed by atoms with Gasteiger partial charge >= 0.3 is 0 Å². The number of aromatic nitrogens is 4. The maximum absolute atomic E-state index is 14.1. The first-order valence-corrected chi connectivity index (χ1v) is 21.6. The van der Waals surface area contributed by atoms with Crippen LogP contribution in [-0.2, 0) is 16.0 Å². The fourth-order valence-electron chi connectivity index (χ4n) is 10.8. The molecular formula is C45H55FN10O3. The molecule has 3 unspecified atom stereocenters. The topological polar surface area (TPSA) is 157 Å². The molecule has 59 heavy (non-hydrogen) atoms. The lowest BCUT2D eigenvalue weighted by atomic mass is 9.78. The first-order valence-electron chi connectivity index (χ1n) is 21.6. The van der Waals surface area contributed by atoms with Crippen molar-refractivity contribution < 1.29 is 19.1 Å². The molecule has 0 radical (unpaired) electrons. The van der Waals surface area contributed by atoms with Crippen molar-refractivity contribution in [1.82, 2.24) is 30.4 Å². The Hall–Kier alpha value is -5.37. The van der Waals surface area contributed by atoms with E-state index in [4.69, 9.17) is 15.7 Å². The predicted molar refractivity (Wildman–Crippen MR) is 226 cm³/mol. The summed E-state index contributed by atoms with van der Waals surface area (Å²) in [6.07, 6.45) is 11.7. The molecule has 3 atom stereocenters. The van der Waals surface area contributed by atoms with Gasteiger partial charge in [0.2, 0.25) is 17.8 Å². The summed E-state index contributed by atoms with van der Waals surface area (Å²) in [5.74, 6) is 1.13. The number of carbonyl (C=O) groups is 2. The molecule has 2 amide bonds. The number of halogens is 1. The van der Waals surface area contributed by atoms with Crippen molar-refractivity contribution in [1.29, 1.82) is 0 Å². The second-order valence-corrected chi connectivity index (χ2v) is 17.2. The zero-order valence-corrected chi connectivity index (χ0v) is 34.1. The van der Waals surface area contributed by atoms with Gasteiger partial charge in [-0.3, -0.25) is 14.9 Å². The fraction of sp³-hybridized carbons (Fsp3) is 0.511. The summed E-state index contributed by atoms with van der Waals surface area (Å²) in [4.78, 5) is 44.0. The van der Waals surface area contributed by atoms with Crippen molar-refractivity contribution in [2.45, 2.75) is 114 Å². The van der Waals surface area contributed by atoms with Gasteiger partial charge in [-0.15, -0.1) is 10.2 Å². The number of fused-ring (bicyclic) bond motifs is 1. The van der Waals surface area contributed by atoms with Crippen LogP contribution in [0.5, 0.6) is 5.75 Å². The number of aromatic hydroxyl groups is 1. The number of benzene rings is 2. The van der Waals surface area contributed by atoms with Gasteiger partial charge in [0.15, 0.2) is 5.82 Å². The number of nitrogen functional groups attached to an aromatic ring is 1. The predicted octanol–water partition coefficient (Wildman–Crippen LogP) is 5.93. The Labute approximate surface area is 345 Å². The lowest BCUT2D eigenvalue weighted by molar-refractivity contribution is -0.134. The SMILES string of the molecule is CCC1CN(c2cc(-c3cc(F)ccc3O)nnc2N)CC(C)N1c1nccc(C2CCN(C3CCC(c4cccc5c4CCN5C4CCC(=O)NC4=O)CC3)CC2)n1. The molecule has 0 bridgehead atoms. The number of hydrogen-bond donors (Lipinski definition) is 3. The smallest absolute Gasteiger partial charge is 0.249 e. The fourth-order valence-corrected chi connectivity index (χ4v) is 10.8. The summed E-state index contributed by atoms with van der Waals surface area (Å²) in [5.41, 5.74) is 12.9. The highest BCUT2D eigenvalue weighted by molar-refractivity contribution is 6.02. The number of rotatable bonds is 8. The Balaban J connectivity index is 0.811.